The molecule has 1 atom stereocenters. The Bertz CT molecular complexity index is 1430. The maximum atomic E-state index is 13.6. The molecule has 8 nitrogen and oxygen atoms in total. The van der Waals surface area contributed by atoms with E-state index in [-0.39, 0.29) is 17.3 Å². The maximum Gasteiger partial charge on any atom is 0.264 e. The van der Waals surface area contributed by atoms with Gasteiger partial charge in [0.15, 0.2) is 5.82 Å². The van der Waals surface area contributed by atoms with Crippen molar-refractivity contribution in [3.05, 3.63) is 81.2 Å². The molecule has 1 aliphatic heterocycles. The van der Waals surface area contributed by atoms with E-state index in [4.69, 9.17) is 17.3 Å². The number of carbonyl (C=O) groups is 1. The molecule has 4 N–H and O–H groups in total. The predicted molar refractivity (Wildman–Crippen MR) is 130 cm³/mol. The molecule has 0 aliphatic carbocycles. The highest BCUT2D eigenvalue weighted by atomic mass is 35.5. The lowest BCUT2D eigenvalue weighted by Crippen LogP contribution is -2.33. The summed E-state index contributed by atoms with van der Waals surface area (Å²) in [6.45, 7) is 3.29. The van der Waals surface area contributed by atoms with Crippen LogP contribution in [0.1, 0.15) is 35.4 Å². The Morgan fingerprint density at radius 2 is 2.00 bits per heavy atom. The van der Waals surface area contributed by atoms with Gasteiger partial charge in [0, 0.05) is 24.5 Å². The van der Waals surface area contributed by atoms with Crippen molar-refractivity contribution in [1.82, 2.24) is 19.7 Å². The normalized spacial score (nSPS) is 13.9. The fraction of sp³-hybridized carbons (Fsp3) is 0.208. The number of nitrogens with two attached hydrogens (primary N) is 1. The lowest BCUT2D eigenvalue weighted by molar-refractivity contribution is 0.0940. The van der Waals surface area contributed by atoms with Crippen molar-refractivity contribution in [2.75, 3.05) is 17.6 Å². The fourth-order valence-corrected chi connectivity index (χ4v) is 4.59. The monoisotopic (exact) mass is 462 g/mol. The number of aromatic nitrogens is 3. The van der Waals surface area contributed by atoms with Crippen LogP contribution in [0.2, 0.25) is 5.02 Å². The highest BCUT2D eigenvalue weighted by Gasteiger charge is 2.26. The molecule has 9 heteroatoms. The molecule has 0 saturated carbocycles. The van der Waals surface area contributed by atoms with E-state index in [1.165, 1.54) is 0 Å². The maximum absolute atomic E-state index is 13.6. The van der Waals surface area contributed by atoms with Gasteiger partial charge in [-0.3, -0.25) is 14.2 Å². The molecule has 2 aromatic carbocycles. The van der Waals surface area contributed by atoms with Crippen LogP contribution in [0.15, 0.2) is 59.4 Å². The number of hydrogen-bond acceptors (Lipinski definition) is 5. The van der Waals surface area contributed by atoms with Gasteiger partial charge in [-0.05, 0) is 43.0 Å². The molecule has 0 spiro atoms. The molecule has 2 aromatic heterocycles. The first-order valence-electron chi connectivity index (χ1n) is 10.8. The van der Waals surface area contributed by atoms with Crippen LogP contribution in [0.25, 0.3) is 16.5 Å². The molecule has 168 valence electrons. The fourth-order valence-electron chi connectivity index (χ4n) is 4.33. The van der Waals surface area contributed by atoms with Crippen molar-refractivity contribution < 1.29 is 4.79 Å². The first-order chi connectivity index (χ1) is 16.0. The summed E-state index contributed by atoms with van der Waals surface area (Å²) in [6, 6.07) is 16.0. The highest BCUT2D eigenvalue weighted by Crippen LogP contribution is 2.28. The third kappa shape index (κ3) is 3.62. The molecule has 0 saturated heterocycles. The van der Waals surface area contributed by atoms with Gasteiger partial charge in [-0.1, -0.05) is 41.9 Å². The average Bonchev–Trinajstić information content (AvgIpc) is 3.15. The van der Waals surface area contributed by atoms with Gasteiger partial charge in [0.25, 0.3) is 11.5 Å². The summed E-state index contributed by atoms with van der Waals surface area (Å²) in [5, 5.41) is 12.0. The summed E-state index contributed by atoms with van der Waals surface area (Å²) in [5.41, 5.74) is 7.45. The molecule has 0 radical (unpaired) electrons. The third-order valence-electron chi connectivity index (χ3n) is 5.88. The molecule has 3 heterocycles. The highest BCUT2D eigenvalue weighted by molar-refractivity contribution is 6.35. The number of nitrogens with one attached hydrogen (secondary N) is 2. The van der Waals surface area contributed by atoms with Gasteiger partial charge in [-0.15, -0.1) is 0 Å². The van der Waals surface area contributed by atoms with E-state index >= 15 is 0 Å². The summed E-state index contributed by atoms with van der Waals surface area (Å²) in [5.74, 6) is 0.443. The smallest absolute Gasteiger partial charge is 0.264 e. The summed E-state index contributed by atoms with van der Waals surface area (Å²) in [7, 11) is 0. The minimum atomic E-state index is -0.507. The number of anilines is 2. The predicted octanol–water partition coefficient (Wildman–Crippen LogP) is 3.73. The zero-order chi connectivity index (χ0) is 23.1. The first-order valence-corrected chi connectivity index (χ1v) is 11.1. The quantitative estimate of drug-likeness (QED) is 0.428. The first kappa shape index (κ1) is 21.1. The van der Waals surface area contributed by atoms with Crippen LogP contribution in [0, 0.1) is 0 Å². The number of aryl methyl sites for hydroxylation is 1. The van der Waals surface area contributed by atoms with Crippen molar-refractivity contribution in [3.8, 4) is 5.69 Å². The largest absolute Gasteiger partial charge is 0.381 e. The second-order valence-corrected chi connectivity index (χ2v) is 8.46. The van der Waals surface area contributed by atoms with Crippen LogP contribution >= 0.6 is 11.6 Å². The summed E-state index contributed by atoms with van der Waals surface area (Å²) >= 11 is 6.38. The van der Waals surface area contributed by atoms with Gasteiger partial charge < -0.3 is 16.4 Å². The van der Waals surface area contributed by atoms with Crippen molar-refractivity contribution in [1.29, 1.82) is 0 Å². The van der Waals surface area contributed by atoms with Crippen LogP contribution in [-0.4, -0.2) is 26.8 Å². The Morgan fingerprint density at radius 1 is 1.21 bits per heavy atom. The molecule has 0 bridgehead atoms. The number of halogens is 1. The second-order valence-electron chi connectivity index (χ2n) is 8.06. The van der Waals surface area contributed by atoms with E-state index in [1.54, 1.807) is 21.4 Å². The Labute approximate surface area is 195 Å². The number of benzene rings is 2. The van der Waals surface area contributed by atoms with E-state index in [2.05, 4.69) is 15.7 Å². The van der Waals surface area contributed by atoms with Crippen molar-refractivity contribution in [2.45, 2.75) is 25.9 Å². The minimum absolute atomic E-state index is 0.176. The third-order valence-corrected chi connectivity index (χ3v) is 6.19. The van der Waals surface area contributed by atoms with Crippen LogP contribution in [-0.2, 0) is 6.54 Å². The standard InChI is InChI=1S/C24H23ClN6O2/c1-14(28-23(32)20-21(26)29-30-12-6-11-27-22(20)30)18-13-15-7-5-10-17(25)19(15)24(33)31(18)16-8-3-2-4-9-16/h2-5,7-10,13-14,27H,6,11-12H2,1H3,(H2,26,29)(H,28,32)/t14-/m0/s1. The Balaban J connectivity index is 1.60. The molecule has 0 fully saturated rings. The lowest BCUT2D eigenvalue weighted by atomic mass is 10.1. The zero-order valence-corrected chi connectivity index (χ0v) is 18.8. The number of hydrogen-bond donors (Lipinski definition) is 3. The number of para-hydroxylation sites is 1. The SMILES string of the molecule is C[C@H](NC(=O)c1c(N)nn2c1NCCC2)c1cc2cccc(Cl)c2c(=O)n1-c1ccccc1. The van der Waals surface area contributed by atoms with Crippen molar-refractivity contribution in [2.24, 2.45) is 0 Å². The molecule has 33 heavy (non-hydrogen) atoms. The second kappa shape index (κ2) is 8.29. The number of nitrogen functional groups attached to an aromatic ring is 1. The molecular weight excluding hydrogens is 440 g/mol. The average molecular weight is 463 g/mol. The van der Waals surface area contributed by atoms with E-state index in [1.807, 2.05) is 49.4 Å². The Kier molecular flexibility index (Phi) is 5.30. The van der Waals surface area contributed by atoms with Crippen LogP contribution in [0.3, 0.4) is 0 Å². The minimum Gasteiger partial charge on any atom is -0.381 e. The molecule has 4 aromatic rings. The van der Waals surface area contributed by atoms with E-state index in [9.17, 15) is 9.59 Å². The van der Waals surface area contributed by atoms with Crippen molar-refractivity contribution in [3.63, 3.8) is 0 Å². The van der Waals surface area contributed by atoms with Gasteiger partial charge in [0.05, 0.1) is 16.5 Å². The topological polar surface area (TPSA) is 107 Å². The van der Waals surface area contributed by atoms with Gasteiger partial charge >= 0.3 is 0 Å². The Hall–Kier alpha value is -3.78. The molecular formula is C24H23ClN6O2. The molecule has 1 aliphatic rings. The number of nitrogens with zero attached hydrogens (tertiary/aromatic N) is 3. The van der Waals surface area contributed by atoms with Crippen LogP contribution in [0.4, 0.5) is 11.6 Å². The number of fused-ring (bicyclic) bond motifs is 2. The summed E-state index contributed by atoms with van der Waals surface area (Å²) < 4.78 is 3.31. The van der Waals surface area contributed by atoms with Crippen LogP contribution < -0.4 is 21.9 Å². The molecule has 0 unspecified atom stereocenters. The molecule has 1 amide bonds. The van der Waals surface area contributed by atoms with Gasteiger partial charge in [0.1, 0.15) is 11.4 Å². The lowest BCUT2D eigenvalue weighted by Gasteiger charge is -2.22. The zero-order valence-electron chi connectivity index (χ0n) is 18.0. The van der Waals surface area contributed by atoms with Gasteiger partial charge in [-0.25, -0.2) is 4.68 Å². The number of amides is 1. The number of rotatable bonds is 4. The van der Waals surface area contributed by atoms with E-state index in [0.717, 1.165) is 13.0 Å². The summed E-state index contributed by atoms with van der Waals surface area (Å²) in [4.78, 5) is 26.8. The van der Waals surface area contributed by atoms with Gasteiger partial charge in [0.2, 0.25) is 0 Å². The van der Waals surface area contributed by atoms with Crippen LogP contribution in [0.5, 0.6) is 0 Å². The van der Waals surface area contributed by atoms with Crippen molar-refractivity contribution >= 4 is 39.9 Å². The van der Waals surface area contributed by atoms with E-state index in [0.29, 0.717) is 45.1 Å². The van der Waals surface area contributed by atoms with Gasteiger partial charge in [-0.2, -0.15) is 5.10 Å². The van der Waals surface area contributed by atoms with E-state index < -0.39 is 6.04 Å². The summed E-state index contributed by atoms with van der Waals surface area (Å²) in [6.07, 6.45) is 0.911. The number of carbonyl (C=O) groups excluding carboxylic acids is 1. The molecule has 5 rings (SSSR count). The number of pyridine rings is 1. The Morgan fingerprint density at radius 3 is 2.79 bits per heavy atom.